The van der Waals surface area contributed by atoms with Crippen molar-refractivity contribution >= 4 is 32.9 Å². The SMILES string of the molecule is CC(C)(C)c1ccc(Cn2c(CCCNC(=O)c3cccc(Br)c3)nc3ccccc32)cc1. The highest BCUT2D eigenvalue weighted by Gasteiger charge is 2.14. The molecule has 1 N–H and O–H groups in total. The Morgan fingerprint density at radius 1 is 1.00 bits per heavy atom. The van der Waals surface area contributed by atoms with Gasteiger partial charge in [0, 0.05) is 29.5 Å². The van der Waals surface area contributed by atoms with Gasteiger partial charge >= 0.3 is 0 Å². The number of nitrogens with one attached hydrogen (secondary N) is 1. The number of fused-ring (bicyclic) bond motifs is 1. The van der Waals surface area contributed by atoms with E-state index in [1.807, 2.05) is 30.3 Å². The molecule has 4 nitrogen and oxygen atoms in total. The van der Waals surface area contributed by atoms with Crippen LogP contribution < -0.4 is 5.32 Å². The maximum absolute atomic E-state index is 12.4. The molecule has 0 unspecified atom stereocenters. The van der Waals surface area contributed by atoms with Crippen LogP contribution in [0.5, 0.6) is 0 Å². The van der Waals surface area contributed by atoms with Crippen LogP contribution in [-0.2, 0) is 18.4 Å². The van der Waals surface area contributed by atoms with E-state index >= 15 is 0 Å². The van der Waals surface area contributed by atoms with Gasteiger partial charge in [-0.05, 0) is 53.3 Å². The molecule has 0 aliphatic rings. The van der Waals surface area contributed by atoms with Crippen LogP contribution in [0.2, 0.25) is 0 Å². The zero-order valence-electron chi connectivity index (χ0n) is 19.4. The summed E-state index contributed by atoms with van der Waals surface area (Å²) in [5, 5.41) is 3.02. The van der Waals surface area contributed by atoms with Crippen molar-refractivity contribution < 1.29 is 4.79 Å². The lowest BCUT2D eigenvalue weighted by atomic mass is 9.87. The first-order chi connectivity index (χ1) is 15.8. The van der Waals surface area contributed by atoms with Gasteiger partial charge in [-0.3, -0.25) is 4.79 Å². The Hall–Kier alpha value is -2.92. The molecule has 0 bridgehead atoms. The fraction of sp³-hybridized carbons (Fsp3) is 0.286. The van der Waals surface area contributed by atoms with E-state index in [1.54, 1.807) is 0 Å². The molecule has 4 rings (SSSR count). The van der Waals surface area contributed by atoms with Crippen molar-refractivity contribution in [1.29, 1.82) is 0 Å². The molecule has 1 aromatic heterocycles. The highest BCUT2D eigenvalue weighted by molar-refractivity contribution is 9.10. The van der Waals surface area contributed by atoms with Gasteiger partial charge in [-0.1, -0.05) is 79.2 Å². The summed E-state index contributed by atoms with van der Waals surface area (Å²) in [5.74, 6) is 0.997. The monoisotopic (exact) mass is 503 g/mol. The molecule has 0 aliphatic heterocycles. The molecule has 0 atom stereocenters. The second-order valence-corrected chi connectivity index (χ2v) is 10.3. The lowest BCUT2D eigenvalue weighted by molar-refractivity contribution is 0.0953. The number of hydrogen-bond donors (Lipinski definition) is 1. The summed E-state index contributed by atoms with van der Waals surface area (Å²) in [4.78, 5) is 17.3. The van der Waals surface area contributed by atoms with Crippen molar-refractivity contribution in [3.05, 3.63) is 99.8 Å². The van der Waals surface area contributed by atoms with Gasteiger partial charge < -0.3 is 9.88 Å². The lowest BCUT2D eigenvalue weighted by Gasteiger charge is -2.19. The summed E-state index contributed by atoms with van der Waals surface area (Å²) < 4.78 is 3.21. The molecule has 0 radical (unpaired) electrons. The smallest absolute Gasteiger partial charge is 0.251 e. The van der Waals surface area contributed by atoms with Crippen LogP contribution in [0.25, 0.3) is 11.0 Å². The number of halogens is 1. The quantitative estimate of drug-likeness (QED) is 0.292. The fourth-order valence-corrected chi connectivity index (χ4v) is 4.36. The van der Waals surface area contributed by atoms with E-state index in [0.717, 1.165) is 40.7 Å². The highest BCUT2D eigenvalue weighted by Crippen LogP contribution is 2.24. The van der Waals surface area contributed by atoms with E-state index in [9.17, 15) is 4.79 Å². The number of imidazole rings is 1. The Kier molecular flexibility index (Phi) is 6.99. The molecule has 5 heteroatoms. The lowest BCUT2D eigenvalue weighted by Crippen LogP contribution is -2.25. The average molecular weight is 504 g/mol. The molecule has 170 valence electrons. The third kappa shape index (κ3) is 5.72. The topological polar surface area (TPSA) is 46.9 Å². The summed E-state index contributed by atoms with van der Waals surface area (Å²) in [5.41, 5.74) is 5.56. The maximum Gasteiger partial charge on any atom is 0.251 e. The van der Waals surface area contributed by atoms with E-state index in [1.165, 1.54) is 11.1 Å². The van der Waals surface area contributed by atoms with Crippen LogP contribution >= 0.6 is 15.9 Å². The second-order valence-electron chi connectivity index (χ2n) is 9.42. The van der Waals surface area contributed by atoms with Gasteiger partial charge in [0.15, 0.2) is 0 Å². The van der Waals surface area contributed by atoms with Crippen LogP contribution in [0.1, 0.15) is 54.5 Å². The summed E-state index contributed by atoms with van der Waals surface area (Å²) in [6, 6.07) is 24.6. The van der Waals surface area contributed by atoms with E-state index in [4.69, 9.17) is 4.98 Å². The van der Waals surface area contributed by atoms with Crippen molar-refractivity contribution in [3.8, 4) is 0 Å². The molecule has 1 heterocycles. The van der Waals surface area contributed by atoms with Gasteiger partial charge in [0.05, 0.1) is 11.0 Å². The minimum atomic E-state index is -0.0521. The first-order valence-electron chi connectivity index (χ1n) is 11.4. The number of rotatable bonds is 7. The number of nitrogens with zero attached hydrogens (tertiary/aromatic N) is 2. The van der Waals surface area contributed by atoms with Gasteiger partial charge in [-0.25, -0.2) is 4.98 Å². The molecule has 0 saturated heterocycles. The van der Waals surface area contributed by atoms with Crippen molar-refractivity contribution in [3.63, 3.8) is 0 Å². The molecule has 0 aliphatic carbocycles. The number of hydrogen-bond acceptors (Lipinski definition) is 2. The van der Waals surface area contributed by atoms with E-state index in [2.05, 4.69) is 89.0 Å². The minimum Gasteiger partial charge on any atom is -0.352 e. The molecule has 0 spiro atoms. The third-order valence-corrected chi connectivity index (χ3v) is 6.34. The Balaban J connectivity index is 1.45. The largest absolute Gasteiger partial charge is 0.352 e. The fourth-order valence-electron chi connectivity index (χ4n) is 3.97. The van der Waals surface area contributed by atoms with Gasteiger partial charge in [0.25, 0.3) is 5.91 Å². The van der Waals surface area contributed by atoms with Gasteiger partial charge in [0.2, 0.25) is 0 Å². The number of carbonyl (C=O) groups is 1. The molecule has 0 saturated carbocycles. The number of aromatic nitrogens is 2. The standard InChI is InChI=1S/C28H30BrN3O/c1-28(2,3)22-15-13-20(14-16-22)19-32-25-11-5-4-10-24(25)31-26(32)12-7-17-30-27(33)21-8-6-9-23(29)18-21/h4-6,8-11,13-16,18H,7,12,17,19H2,1-3H3,(H,30,33). The maximum atomic E-state index is 12.4. The third-order valence-electron chi connectivity index (χ3n) is 5.84. The van der Waals surface area contributed by atoms with Crippen molar-refractivity contribution in [2.45, 2.75) is 45.6 Å². The van der Waals surface area contributed by atoms with Crippen LogP contribution in [0.3, 0.4) is 0 Å². The molecular weight excluding hydrogens is 474 g/mol. The van der Waals surface area contributed by atoms with Gasteiger partial charge in [0.1, 0.15) is 5.82 Å². The Morgan fingerprint density at radius 2 is 1.76 bits per heavy atom. The van der Waals surface area contributed by atoms with E-state index in [-0.39, 0.29) is 11.3 Å². The summed E-state index contributed by atoms with van der Waals surface area (Å²) in [7, 11) is 0. The second kappa shape index (κ2) is 9.92. The number of benzene rings is 3. The van der Waals surface area contributed by atoms with Gasteiger partial charge in [-0.15, -0.1) is 0 Å². The Labute approximate surface area is 204 Å². The normalized spacial score (nSPS) is 11.6. The average Bonchev–Trinajstić information content (AvgIpc) is 3.13. The van der Waals surface area contributed by atoms with E-state index in [0.29, 0.717) is 12.1 Å². The van der Waals surface area contributed by atoms with Crippen LogP contribution in [0.15, 0.2) is 77.3 Å². The molecule has 4 aromatic rings. The number of aryl methyl sites for hydroxylation is 1. The summed E-state index contributed by atoms with van der Waals surface area (Å²) in [6.07, 6.45) is 1.62. The number of para-hydroxylation sites is 2. The first-order valence-corrected chi connectivity index (χ1v) is 12.2. The predicted molar refractivity (Wildman–Crippen MR) is 139 cm³/mol. The first kappa shape index (κ1) is 23.2. The Bertz CT molecular complexity index is 1250. The summed E-state index contributed by atoms with van der Waals surface area (Å²) in [6.45, 7) is 8.09. The zero-order valence-corrected chi connectivity index (χ0v) is 21.0. The van der Waals surface area contributed by atoms with Crippen LogP contribution in [-0.4, -0.2) is 22.0 Å². The van der Waals surface area contributed by atoms with E-state index < -0.39 is 0 Å². The van der Waals surface area contributed by atoms with Crippen molar-refractivity contribution in [1.82, 2.24) is 14.9 Å². The minimum absolute atomic E-state index is 0.0521. The molecule has 3 aromatic carbocycles. The predicted octanol–water partition coefficient (Wildman–Crippen LogP) is 6.51. The number of carbonyl (C=O) groups excluding carboxylic acids is 1. The molecule has 1 amide bonds. The van der Waals surface area contributed by atoms with Crippen molar-refractivity contribution in [2.24, 2.45) is 0 Å². The highest BCUT2D eigenvalue weighted by atomic mass is 79.9. The van der Waals surface area contributed by atoms with Crippen LogP contribution in [0, 0.1) is 0 Å². The molecule has 33 heavy (non-hydrogen) atoms. The summed E-state index contributed by atoms with van der Waals surface area (Å²) >= 11 is 3.42. The van der Waals surface area contributed by atoms with Gasteiger partial charge in [-0.2, -0.15) is 0 Å². The molecule has 0 fully saturated rings. The van der Waals surface area contributed by atoms with Crippen molar-refractivity contribution in [2.75, 3.05) is 6.54 Å². The zero-order chi connectivity index (χ0) is 23.4. The van der Waals surface area contributed by atoms with Crippen LogP contribution in [0.4, 0.5) is 0 Å². The number of amides is 1. The Morgan fingerprint density at radius 3 is 2.48 bits per heavy atom. The molecular formula is C28H30BrN3O.